The Hall–Kier alpha value is -0.710. The van der Waals surface area contributed by atoms with Crippen molar-refractivity contribution in [1.29, 1.82) is 0 Å². The summed E-state index contributed by atoms with van der Waals surface area (Å²) in [6, 6.07) is 0. The molecule has 174 valence electrons. The monoisotopic (exact) mass is 446 g/mol. The molecule has 2 rings (SSSR count). The number of rotatable bonds is 5. The molecule has 3 unspecified atom stereocenters. The summed E-state index contributed by atoms with van der Waals surface area (Å²) in [5, 5.41) is 8.94. The summed E-state index contributed by atoms with van der Waals surface area (Å²) in [5.74, 6) is 0.357. The summed E-state index contributed by atoms with van der Waals surface area (Å²) in [4.78, 5) is 0. The smallest absolute Gasteiger partial charge is 0.374 e. The molecule has 2 nitrogen and oxygen atoms in total. The number of alkyl halides is 9. The highest BCUT2D eigenvalue weighted by Gasteiger charge is 2.71. The zero-order valence-electron chi connectivity index (χ0n) is 16.4. The largest absolute Gasteiger partial charge is 0.428 e. The predicted octanol–water partition coefficient (Wildman–Crippen LogP) is 6.42. The van der Waals surface area contributed by atoms with Crippen LogP contribution in [0.15, 0.2) is 0 Å². The lowest BCUT2D eigenvalue weighted by Crippen LogP contribution is -2.60. The van der Waals surface area contributed by atoms with Gasteiger partial charge in [0.1, 0.15) is 0 Å². The summed E-state index contributed by atoms with van der Waals surface area (Å²) < 4.78 is 116. The van der Waals surface area contributed by atoms with Crippen molar-refractivity contribution >= 4 is 0 Å². The molecule has 0 aliphatic heterocycles. The van der Waals surface area contributed by atoms with Crippen molar-refractivity contribution < 1.29 is 49.4 Å². The van der Waals surface area contributed by atoms with E-state index in [1.165, 1.54) is 6.92 Å². The van der Waals surface area contributed by atoms with Gasteiger partial charge in [-0.3, -0.25) is 0 Å². The molecule has 0 amide bonds. The van der Waals surface area contributed by atoms with E-state index >= 15 is 0 Å². The van der Waals surface area contributed by atoms with Crippen LogP contribution in [0, 0.1) is 17.3 Å². The standard InChI is InChI=1S/C11H14F6O2.C7H13F3/c12-10(13,14)9(18,11(15,16)17)5-19-8-4-6-1-2-7(8)3-6;1-4-6(3,5-2)7(8,9)10/h6-8,18H,1-5H2;4-5H2,1-3H3. The highest BCUT2D eigenvalue weighted by molar-refractivity contribution is 4.96. The molecule has 2 saturated carbocycles. The van der Waals surface area contributed by atoms with Gasteiger partial charge in [0, 0.05) is 0 Å². The van der Waals surface area contributed by atoms with Crippen molar-refractivity contribution in [2.24, 2.45) is 17.3 Å². The maximum atomic E-state index is 12.4. The lowest BCUT2D eigenvalue weighted by atomic mass is 9.84. The second kappa shape index (κ2) is 8.80. The van der Waals surface area contributed by atoms with Gasteiger partial charge in [-0.2, -0.15) is 39.5 Å². The van der Waals surface area contributed by atoms with E-state index in [4.69, 9.17) is 9.84 Å². The first-order valence-corrected chi connectivity index (χ1v) is 9.46. The van der Waals surface area contributed by atoms with Crippen molar-refractivity contribution in [3.05, 3.63) is 0 Å². The van der Waals surface area contributed by atoms with Gasteiger partial charge in [-0.15, -0.1) is 0 Å². The molecule has 29 heavy (non-hydrogen) atoms. The Balaban J connectivity index is 0.000000359. The highest BCUT2D eigenvalue weighted by atomic mass is 19.4. The van der Waals surface area contributed by atoms with Crippen molar-refractivity contribution in [1.82, 2.24) is 0 Å². The number of aliphatic hydroxyl groups is 1. The molecule has 0 aromatic rings. The third-order valence-electron chi connectivity index (χ3n) is 6.36. The van der Waals surface area contributed by atoms with Gasteiger partial charge in [0.25, 0.3) is 5.60 Å². The van der Waals surface area contributed by atoms with Crippen LogP contribution < -0.4 is 0 Å². The zero-order chi connectivity index (χ0) is 22.9. The number of hydrogen-bond donors (Lipinski definition) is 1. The van der Waals surface area contributed by atoms with Crippen LogP contribution in [0.5, 0.6) is 0 Å². The topological polar surface area (TPSA) is 29.5 Å². The van der Waals surface area contributed by atoms with Crippen LogP contribution in [0.4, 0.5) is 39.5 Å². The Morgan fingerprint density at radius 2 is 1.28 bits per heavy atom. The van der Waals surface area contributed by atoms with Gasteiger partial charge in [0.05, 0.1) is 18.1 Å². The molecule has 0 aromatic heterocycles. The third kappa shape index (κ3) is 5.71. The van der Waals surface area contributed by atoms with Gasteiger partial charge in [-0.1, -0.05) is 20.8 Å². The average molecular weight is 446 g/mol. The summed E-state index contributed by atoms with van der Waals surface area (Å²) in [7, 11) is 0. The normalized spacial score (nSPS) is 25.8. The molecule has 3 atom stereocenters. The van der Waals surface area contributed by atoms with Crippen LogP contribution in [0.2, 0.25) is 0 Å². The first kappa shape index (κ1) is 26.3. The molecular formula is C18H27F9O2. The van der Waals surface area contributed by atoms with Crippen molar-refractivity contribution in [2.75, 3.05) is 6.61 Å². The van der Waals surface area contributed by atoms with Gasteiger partial charge in [0.15, 0.2) is 0 Å². The first-order chi connectivity index (χ1) is 12.9. The lowest BCUT2D eigenvalue weighted by molar-refractivity contribution is -0.380. The molecule has 0 aromatic carbocycles. The SMILES string of the molecule is CCC(C)(CC)C(F)(F)F.OC(COC1CC2CCC1C2)(C(F)(F)F)C(F)(F)F. The molecule has 2 fully saturated rings. The van der Waals surface area contributed by atoms with Crippen molar-refractivity contribution in [3.8, 4) is 0 Å². The van der Waals surface area contributed by atoms with Gasteiger partial charge >= 0.3 is 18.5 Å². The molecule has 1 N–H and O–H groups in total. The van der Waals surface area contributed by atoms with Crippen LogP contribution in [0.1, 0.15) is 59.3 Å². The van der Waals surface area contributed by atoms with Gasteiger partial charge in [-0.25, -0.2) is 0 Å². The van der Waals surface area contributed by atoms with Crippen LogP contribution >= 0.6 is 0 Å². The molecule has 0 spiro atoms. The van der Waals surface area contributed by atoms with Crippen LogP contribution in [0.3, 0.4) is 0 Å². The van der Waals surface area contributed by atoms with Crippen molar-refractivity contribution in [2.45, 2.75) is 89.5 Å². The average Bonchev–Trinajstić information content (AvgIpc) is 3.19. The third-order valence-corrected chi connectivity index (χ3v) is 6.36. The van der Waals surface area contributed by atoms with Gasteiger partial charge in [0.2, 0.25) is 0 Å². The Labute approximate surface area is 163 Å². The second-order valence-electron chi connectivity index (χ2n) is 8.15. The van der Waals surface area contributed by atoms with E-state index in [0.29, 0.717) is 12.3 Å². The molecule has 2 aliphatic rings. The minimum atomic E-state index is -5.80. The molecule has 2 bridgehead atoms. The maximum Gasteiger partial charge on any atom is 0.428 e. The minimum Gasteiger partial charge on any atom is -0.374 e. The molecule has 0 saturated heterocycles. The molecule has 0 heterocycles. The zero-order valence-corrected chi connectivity index (χ0v) is 16.4. The van der Waals surface area contributed by atoms with E-state index in [9.17, 15) is 39.5 Å². The van der Waals surface area contributed by atoms with E-state index in [1.54, 1.807) is 13.8 Å². The first-order valence-electron chi connectivity index (χ1n) is 9.46. The Bertz CT molecular complexity index is 507. The van der Waals surface area contributed by atoms with E-state index in [2.05, 4.69) is 0 Å². The fourth-order valence-corrected chi connectivity index (χ4v) is 3.59. The Morgan fingerprint density at radius 3 is 1.52 bits per heavy atom. The van der Waals surface area contributed by atoms with E-state index in [1.807, 2.05) is 0 Å². The summed E-state index contributed by atoms with van der Waals surface area (Å²) in [5.41, 5.74) is -6.27. The quantitative estimate of drug-likeness (QED) is 0.494. The summed E-state index contributed by atoms with van der Waals surface area (Å²) in [6.45, 7) is 2.61. The minimum absolute atomic E-state index is 0.0238. The van der Waals surface area contributed by atoms with E-state index in [0.717, 1.165) is 19.3 Å². The molecular weight excluding hydrogens is 419 g/mol. The molecule has 0 radical (unpaired) electrons. The highest BCUT2D eigenvalue weighted by Crippen LogP contribution is 2.48. The Morgan fingerprint density at radius 1 is 0.793 bits per heavy atom. The van der Waals surface area contributed by atoms with Crippen LogP contribution in [0.25, 0.3) is 0 Å². The maximum absolute atomic E-state index is 12.4. The number of hydrogen-bond acceptors (Lipinski definition) is 2. The van der Waals surface area contributed by atoms with Crippen molar-refractivity contribution in [3.63, 3.8) is 0 Å². The Kier molecular flexibility index (Phi) is 7.99. The number of halogens is 9. The van der Waals surface area contributed by atoms with Crippen LogP contribution in [-0.2, 0) is 4.74 Å². The number of ether oxygens (including phenoxy) is 1. The summed E-state index contributed by atoms with van der Waals surface area (Å²) in [6.07, 6.45) is -12.9. The van der Waals surface area contributed by atoms with E-state index in [-0.39, 0.29) is 18.8 Å². The van der Waals surface area contributed by atoms with Gasteiger partial charge < -0.3 is 9.84 Å². The second-order valence-corrected chi connectivity index (χ2v) is 8.15. The fraction of sp³-hybridized carbons (Fsp3) is 1.00. The molecule has 11 heteroatoms. The van der Waals surface area contributed by atoms with Gasteiger partial charge in [-0.05, 0) is 50.4 Å². The number of fused-ring (bicyclic) bond motifs is 2. The fourth-order valence-electron chi connectivity index (χ4n) is 3.59. The van der Waals surface area contributed by atoms with Crippen LogP contribution in [-0.4, -0.2) is 41.9 Å². The lowest BCUT2D eigenvalue weighted by Gasteiger charge is -2.34. The van der Waals surface area contributed by atoms with E-state index < -0.39 is 42.3 Å². The molecule has 2 aliphatic carbocycles. The predicted molar refractivity (Wildman–Crippen MR) is 87.0 cm³/mol. The summed E-state index contributed by atoms with van der Waals surface area (Å²) >= 11 is 0.